The van der Waals surface area contributed by atoms with Crippen molar-refractivity contribution >= 4 is 44.1 Å². The number of anilines is 1. The molecule has 1 atom stereocenters. The number of thiazole rings is 1. The largest absolute Gasteiger partial charge is 0.507 e. The summed E-state index contributed by atoms with van der Waals surface area (Å²) in [5, 5.41) is 11.6. The number of Topliss-reactive ketones (excluding diaryl/α,β-unsaturated/α-hetero) is 1. The third-order valence-electron chi connectivity index (χ3n) is 6.20. The second-order valence-electron chi connectivity index (χ2n) is 8.69. The second kappa shape index (κ2) is 9.00. The minimum atomic E-state index is -0.807. The summed E-state index contributed by atoms with van der Waals surface area (Å²) in [7, 11) is 1.59. The average Bonchev–Trinajstić information content (AvgIpc) is 3.41. The van der Waals surface area contributed by atoms with Gasteiger partial charge in [0.2, 0.25) is 0 Å². The molecule has 35 heavy (non-hydrogen) atoms. The molecular weight excluding hydrogens is 460 g/mol. The third kappa shape index (κ3) is 3.98. The predicted octanol–water partition coefficient (Wildman–Crippen LogP) is 6.05. The highest BCUT2D eigenvalue weighted by atomic mass is 32.1. The molecule has 1 aliphatic heterocycles. The molecule has 176 valence electrons. The van der Waals surface area contributed by atoms with Gasteiger partial charge in [-0.15, -0.1) is 0 Å². The number of hydrogen-bond donors (Lipinski definition) is 1. The van der Waals surface area contributed by atoms with Crippen LogP contribution in [0.3, 0.4) is 0 Å². The number of ketones is 1. The third-order valence-corrected chi connectivity index (χ3v) is 7.22. The number of benzene rings is 3. The second-order valence-corrected chi connectivity index (χ2v) is 9.70. The molecule has 0 bridgehead atoms. The van der Waals surface area contributed by atoms with Gasteiger partial charge in [-0.2, -0.15) is 0 Å². The number of fused-ring (bicyclic) bond motifs is 1. The van der Waals surface area contributed by atoms with Gasteiger partial charge in [-0.3, -0.25) is 14.5 Å². The number of hydrogen-bond acceptors (Lipinski definition) is 6. The van der Waals surface area contributed by atoms with E-state index in [2.05, 4.69) is 18.8 Å². The van der Waals surface area contributed by atoms with Crippen LogP contribution in [0.25, 0.3) is 16.0 Å². The number of aliphatic hydroxyl groups is 1. The van der Waals surface area contributed by atoms with Crippen LogP contribution in [0, 0.1) is 0 Å². The molecule has 1 saturated heterocycles. The minimum Gasteiger partial charge on any atom is -0.507 e. The molecule has 0 aliphatic carbocycles. The van der Waals surface area contributed by atoms with Crippen LogP contribution < -0.4 is 9.64 Å². The highest BCUT2D eigenvalue weighted by Gasteiger charge is 2.48. The van der Waals surface area contributed by atoms with E-state index in [1.54, 1.807) is 37.4 Å². The number of carbonyl (C=O) groups excluding carboxylic acids is 2. The van der Waals surface area contributed by atoms with Crippen LogP contribution in [-0.2, 0) is 9.59 Å². The Hall–Kier alpha value is -3.97. The highest BCUT2D eigenvalue weighted by Crippen LogP contribution is 2.44. The number of amides is 1. The first-order chi connectivity index (χ1) is 16.9. The topological polar surface area (TPSA) is 79.7 Å². The van der Waals surface area contributed by atoms with Gasteiger partial charge in [0.15, 0.2) is 5.13 Å². The van der Waals surface area contributed by atoms with E-state index < -0.39 is 17.7 Å². The van der Waals surface area contributed by atoms with Crippen molar-refractivity contribution in [2.45, 2.75) is 25.8 Å². The Bertz CT molecular complexity index is 1460. The van der Waals surface area contributed by atoms with Crippen molar-refractivity contribution in [2.24, 2.45) is 0 Å². The van der Waals surface area contributed by atoms with Gasteiger partial charge in [0.25, 0.3) is 5.78 Å². The first kappa shape index (κ1) is 22.8. The Balaban J connectivity index is 1.70. The van der Waals surface area contributed by atoms with Crippen LogP contribution >= 0.6 is 11.3 Å². The van der Waals surface area contributed by atoms with Crippen LogP contribution in [0.2, 0.25) is 0 Å². The van der Waals surface area contributed by atoms with E-state index in [1.807, 2.05) is 42.5 Å². The number of ether oxygens (including phenoxy) is 1. The lowest BCUT2D eigenvalue weighted by Gasteiger charge is -2.23. The fourth-order valence-corrected chi connectivity index (χ4v) is 5.30. The Morgan fingerprint density at radius 2 is 1.74 bits per heavy atom. The van der Waals surface area contributed by atoms with E-state index in [-0.39, 0.29) is 11.3 Å². The zero-order chi connectivity index (χ0) is 24.7. The van der Waals surface area contributed by atoms with Gasteiger partial charge in [0.05, 0.1) is 28.9 Å². The first-order valence-corrected chi connectivity index (χ1v) is 12.1. The van der Waals surface area contributed by atoms with Crippen molar-refractivity contribution in [3.05, 3.63) is 95.1 Å². The number of methoxy groups -OCH3 is 1. The summed E-state index contributed by atoms with van der Waals surface area (Å²) in [6, 6.07) is 21.3. The lowest BCUT2D eigenvalue weighted by atomic mass is 9.93. The molecular formula is C28H24N2O4S. The Morgan fingerprint density at radius 3 is 2.40 bits per heavy atom. The quantitative estimate of drug-likeness (QED) is 0.212. The smallest absolute Gasteiger partial charge is 0.301 e. The molecule has 1 fully saturated rings. The van der Waals surface area contributed by atoms with E-state index in [9.17, 15) is 14.7 Å². The molecule has 0 saturated carbocycles. The van der Waals surface area contributed by atoms with Gasteiger partial charge in [-0.25, -0.2) is 4.98 Å². The van der Waals surface area contributed by atoms with Gasteiger partial charge in [-0.05, 0) is 35.2 Å². The lowest BCUT2D eigenvalue weighted by molar-refractivity contribution is -0.132. The van der Waals surface area contributed by atoms with Crippen LogP contribution in [-0.4, -0.2) is 28.9 Å². The van der Waals surface area contributed by atoms with Crippen LogP contribution in [0.4, 0.5) is 5.13 Å². The molecule has 0 radical (unpaired) electrons. The molecule has 3 aromatic carbocycles. The number of nitrogens with zero attached hydrogens (tertiary/aromatic N) is 2. The monoisotopic (exact) mass is 484 g/mol. The molecule has 1 amide bonds. The number of rotatable bonds is 5. The molecule has 4 aromatic rings. The Labute approximate surface area is 207 Å². The molecule has 6 nitrogen and oxygen atoms in total. The molecule has 0 spiro atoms. The van der Waals surface area contributed by atoms with Crippen molar-refractivity contribution in [3.8, 4) is 5.75 Å². The SMILES string of the molecule is COc1ccc2nc(N3C(=O)C(=O)/C(=C(/O)c4ccccc4)C3c3ccc(C(C)C)cc3)sc2c1. The summed E-state index contributed by atoms with van der Waals surface area (Å²) in [5.74, 6) is -0.640. The normalized spacial score (nSPS) is 17.5. The van der Waals surface area contributed by atoms with E-state index >= 15 is 0 Å². The van der Waals surface area contributed by atoms with E-state index in [4.69, 9.17) is 4.74 Å². The molecule has 1 unspecified atom stereocenters. The van der Waals surface area contributed by atoms with E-state index in [1.165, 1.54) is 16.2 Å². The van der Waals surface area contributed by atoms with Crippen molar-refractivity contribution in [3.63, 3.8) is 0 Å². The first-order valence-electron chi connectivity index (χ1n) is 11.3. The zero-order valence-electron chi connectivity index (χ0n) is 19.6. The molecule has 1 N–H and O–H groups in total. The fraction of sp³-hybridized carbons (Fsp3) is 0.179. The maximum absolute atomic E-state index is 13.4. The average molecular weight is 485 g/mol. The predicted molar refractivity (Wildman–Crippen MR) is 138 cm³/mol. The van der Waals surface area contributed by atoms with Gasteiger partial charge >= 0.3 is 5.91 Å². The molecule has 7 heteroatoms. The summed E-state index contributed by atoms with van der Waals surface area (Å²) in [4.78, 5) is 32.8. The van der Waals surface area contributed by atoms with Gasteiger partial charge in [0, 0.05) is 5.56 Å². The number of aliphatic hydroxyl groups excluding tert-OH is 1. The molecule has 2 heterocycles. The van der Waals surface area contributed by atoms with Crippen molar-refractivity contribution in [1.29, 1.82) is 0 Å². The van der Waals surface area contributed by atoms with Crippen LogP contribution in [0.15, 0.2) is 78.4 Å². The summed E-state index contributed by atoms with van der Waals surface area (Å²) < 4.78 is 6.15. The summed E-state index contributed by atoms with van der Waals surface area (Å²) in [5.41, 5.74) is 3.09. The zero-order valence-corrected chi connectivity index (χ0v) is 20.4. The summed E-state index contributed by atoms with van der Waals surface area (Å²) >= 11 is 1.30. The van der Waals surface area contributed by atoms with Crippen molar-refractivity contribution < 1.29 is 19.4 Å². The summed E-state index contributed by atoms with van der Waals surface area (Å²) in [6.45, 7) is 4.21. The van der Waals surface area contributed by atoms with Gasteiger partial charge in [-0.1, -0.05) is 79.8 Å². The summed E-state index contributed by atoms with van der Waals surface area (Å²) in [6.07, 6.45) is 0. The Kier molecular flexibility index (Phi) is 5.86. The van der Waals surface area contributed by atoms with Gasteiger partial charge in [0.1, 0.15) is 11.5 Å². The van der Waals surface area contributed by atoms with Crippen molar-refractivity contribution in [1.82, 2.24) is 4.98 Å². The molecule has 5 rings (SSSR count). The van der Waals surface area contributed by atoms with E-state index in [0.717, 1.165) is 15.8 Å². The maximum Gasteiger partial charge on any atom is 0.301 e. The fourth-order valence-electron chi connectivity index (χ4n) is 4.28. The lowest BCUT2D eigenvalue weighted by Crippen LogP contribution is -2.29. The van der Waals surface area contributed by atoms with Crippen LogP contribution in [0.1, 0.15) is 42.5 Å². The van der Waals surface area contributed by atoms with E-state index in [0.29, 0.717) is 27.9 Å². The number of aromatic nitrogens is 1. The van der Waals surface area contributed by atoms with Gasteiger partial charge < -0.3 is 9.84 Å². The highest BCUT2D eigenvalue weighted by molar-refractivity contribution is 7.22. The Morgan fingerprint density at radius 1 is 1.03 bits per heavy atom. The minimum absolute atomic E-state index is 0.0512. The maximum atomic E-state index is 13.4. The van der Waals surface area contributed by atoms with Crippen molar-refractivity contribution in [2.75, 3.05) is 12.0 Å². The molecule has 1 aliphatic rings. The molecule has 1 aromatic heterocycles. The number of carbonyl (C=O) groups is 2. The standard InChI is InChI=1S/C28H24N2O4S/c1-16(2)17-9-11-18(12-10-17)24-23(25(31)19-7-5-4-6-8-19)26(32)27(33)30(24)28-29-21-14-13-20(34-3)15-22(21)35-28/h4-16,24,31H,1-3H3/b25-23+. The van der Waals surface area contributed by atoms with Crippen LogP contribution in [0.5, 0.6) is 5.75 Å².